The summed E-state index contributed by atoms with van der Waals surface area (Å²) in [5.74, 6) is 1.79. The summed E-state index contributed by atoms with van der Waals surface area (Å²) < 4.78 is 0. The van der Waals surface area contributed by atoms with Crippen molar-refractivity contribution < 1.29 is 0 Å². The molecule has 0 radical (unpaired) electrons. The molecule has 2 N–H and O–H groups in total. The van der Waals surface area contributed by atoms with Gasteiger partial charge in [0.1, 0.15) is 11.6 Å². The topological polar surface area (TPSA) is 49.8 Å². The molecule has 94 valence electrons. The minimum absolute atomic E-state index is 0.840. The molecule has 3 rings (SSSR count). The number of nitrogens with one attached hydrogen (secondary N) is 2. The second kappa shape index (κ2) is 4.66. The third-order valence-electron chi connectivity index (χ3n) is 3.14. The molecule has 0 atom stereocenters. The monoisotopic (exact) mass is 260 g/mol. The molecule has 0 unspecified atom stereocenters. The summed E-state index contributed by atoms with van der Waals surface area (Å²) in [6, 6.07) is 2.12. The molecule has 0 bridgehead atoms. The molecule has 0 aliphatic carbocycles. The summed E-state index contributed by atoms with van der Waals surface area (Å²) in [5, 5.41) is 10.1. The highest BCUT2D eigenvalue weighted by molar-refractivity contribution is 7.14. The zero-order valence-electron chi connectivity index (χ0n) is 10.6. The van der Waals surface area contributed by atoms with E-state index in [1.165, 1.54) is 21.8 Å². The number of thiophene rings is 1. The molecule has 1 aliphatic heterocycles. The molecule has 3 heterocycles. The Morgan fingerprint density at radius 3 is 3.00 bits per heavy atom. The molecule has 1 aliphatic rings. The van der Waals surface area contributed by atoms with Crippen molar-refractivity contribution in [1.82, 2.24) is 15.3 Å². The summed E-state index contributed by atoms with van der Waals surface area (Å²) in [6.07, 6.45) is 0.983. The van der Waals surface area contributed by atoms with Crippen LogP contribution < -0.4 is 10.6 Å². The van der Waals surface area contributed by atoms with E-state index >= 15 is 0 Å². The van der Waals surface area contributed by atoms with Crippen LogP contribution in [-0.2, 0) is 13.0 Å². The van der Waals surface area contributed by atoms with Crippen LogP contribution in [0.15, 0.2) is 11.4 Å². The molecule has 18 heavy (non-hydrogen) atoms. The van der Waals surface area contributed by atoms with E-state index in [9.17, 15) is 0 Å². The Morgan fingerprint density at radius 1 is 1.33 bits per heavy atom. The zero-order valence-corrected chi connectivity index (χ0v) is 11.4. The van der Waals surface area contributed by atoms with Gasteiger partial charge in [-0.2, -0.15) is 0 Å². The van der Waals surface area contributed by atoms with Crippen LogP contribution in [0.5, 0.6) is 0 Å². The van der Waals surface area contributed by atoms with Crippen molar-refractivity contribution >= 4 is 22.2 Å². The Bertz CT molecular complexity index is 576. The molecular weight excluding hydrogens is 244 g/mol. The molecule has 0 saturated heterocycles. The highest BCUT2D eigenvalue weighted by Crippen LogP contribution is 2.28. The quantitative estimate of drug-likeness (QED) is 0.871. The van der Waals surface area contributed by atoms with Gasteiger partial charge in [0.2, 0.25) is 0 Å². The number of fused-ring (bicyclic) bond motifs is 1. The van der Waals surface area contributed by atoms with Gasteiger partial charge in [-0.25, -0.2) is 9.97 Å². The number of hydrogen-bond acceptors (Lipinski definition) is 5. The first-order chi connectivity index (χ1) is 8.74. The lowest BCUT2D eigenvalue weighted by atomic mass is 10.1. The van der Waals surface area contributed by atoms with Gasteiger partial charge in [-0.1, -0.05) is 0 Å². The summed E-state index contributed by atoms with van der Waals surface area (Å²) in [6.45, 7) is 5.91. The molecule has 0 spiro atoms. The lowest BCUT2D eigenvalue weighted by Gasteiger charge is -2.20. The average Bonchev–Trinajstić information content (AvgIpc) is 2.75. The van der Waals surface area contributed by atoms with E-state index in [1.54, 1.807) is 11.3 Å². The second-order valence-corrected chi connectivity index (χ2v) is 5.45. The minimum Gasteiger partial charge on any atom is -0.331 e. The van der Waals surface area contributed by atoms with Crippen LogP contribution in [0.2, 0.25) is 0 Å². The largest absolute Gasteiger partial charge is 0.331 e. The van der Waals surface area contributed by atoms with E-state index < -0.39 is 0 Å². The summed E-state index contributed by atoms with van der Waals surface area (Å²) >= 11 is 1.71. The highest BCUT2D eigenvalue weighted by atomic mass is 32.1. The zero-order chi connectivity index (χ0) is 12.5. The first-order valence-electron chi connectivity index (χ1n) is 6.12. The van der Waals surface area contributed by atoms with Gasteiger partial charge in [-0.3, -0.25) is 0 Å². The summed E-state index contributed by atoms with van der Waals surface area (Å²) in [5.41, 5.74) is 3.64. The smallest absolute Gasteiger partial charge is 0.139 e. The van der Waals surface area contributed by atoms with E-state index in [4.69, 9.17) is 0 Å². The van der Waals surface area contributed by atoms with Crippen molar-refractivity contribution in [2.24, 2.45) is 0 Å². The van der Waals surface area contributed by atoms with E-state index in [0.29, 0.717) is 0 Å². The standard InChI is InChI=1S/C13H16N4S/c1-8-4-6-18-13(8)17-12-10-7-14-5-3-11(10)15-9(2)16-12/h4,6,14H,3,5,7H2,1-2H3,(H,15,16,17). The third-order valence-corrected chi connectivity index (χ3v) is 4.07. The molecular formula is C13H16N4S. The van der Waals surface area contributed by atoms with Gasteiger partial charge in [0.15, 0.2) is 0 Å². The lowest BCUT2D eigenvalue weighted by molar-refractivity contribution is 0.625. The molecule has 0 aromatic carbocycles. The van der Waals surface area contributed by atoms with Gasteiger partial charge in [-0.05, 0) is 30.9 Å². The molecule has 0 fully saturated rings. The SMILES string of the molecule is Cc1nc2c(c(Nc3sccc3C)n1)CNCC2. The Balaban J connectivity index is 2.01. The lowest BCUT2D eigenvalue weighted by Crippen LogP contribution is -2.26. The Labute approximate surface area is 110 Å². The van der Waals surface area contributed by atoms with Crippen LogP contribution in [0, 0.1) is 13.8 Å². The molecule has 5 heteroatoms. The minimum atomic E-state index is 0.840. The fourth-order valence-electron chi connectivity index (χ4n) is 2.18. The first-order valence-corrected chi connectivity index (χ1v) is 7.00. The Kier molecular flexibility index (Phi) is 3.01. The van der Waals surface area contributed by atoms with Crippen molar-refractivity contribution in [1.29, 1.82) is 0 Å². The van der Waals surface area contributed by atoms with Gasteiger partial charge in [0.25, 0.3) is 0 Å². The second-order valence-electron chi connectivity index (χ2n) is 4.53. The summed E-state index contributed by atoms with van der Waals surface area (Å²) in [4.78, 5) is 9.09. The predicted octanol–water partition coefficient (Wildman–Crippen LogP) is 2.54. The van der Waals surface area contributed by atoms with Crippen LogP contribution in [0.4, 0.5) is 10.8 Å². The first kappa shape index (κ1) is 11.6. The molecule has 0 saturated carbocycles. The van der Waals surface area contributed by atoms with Crippen molar-refractivity contribution in [3.05, 3.63) is 34.1 Å². The van der Waals surface area contributed by atoms with Crippen LogP contribution in [0.3, 0.4) is 0 Å². The van der Waals surface area contributed by atoms with Gasteiger partial charge < -0.3 is 10.6 Å². The van der Waals surface area contributed by atoms with Crippen LogP contribution >= 0.6 is 11.3 Å². The number of anilines is 2. The van der Waals surface area contributed by atoms with E-state index in [-0.39, 0.29) is 0 Å². The molecule has 2 aromatic heterocycles. The van der Waals surface area contributed by atoms with Gasteiger partial charge in [-0.15, -0.1) is 11.3 Å². The normalized spacial score (nSPS) is 14.3. The van der Waals surface area contributed by atoms with E-state index in [2.05, 4.69) is 39.0 Å². The maximum absolute atomic E-state index is 4.55. The molecule has 2 aromatic rings. The fraction of sp³-hybridized carbons (Fsp3) is 0.385. The van der Waals surface area contributed by atoms with Crippen molar-refractivity contribution in [3.8, 4) is 0 Å². The van der Waals surface area contributed by atoms with Gasteiger partial charge in [0.05, 0.1) is 10.7 Å². The number of nitrogens with zero attached hydrogens (tertiary/aromatic N) is 2. The highest BCUT2D eigenvalue weighted by Gasteiger charge is 2.17. The third kappa shape index (κ3) is 2.11. The van der Waals surface area contributed by atoms with Crippen LogP contribution in [0.1, 0.15) is 22.6 Å². The molecule has 4 nitrogen and oxygen atoms in total. The average molecular weight is 260 g/mol. The van der Waals surface area contributed by atoms with Gasteiger partial charge >= 0.3 is 0 Å². The Morgan fingerprint density at radius 2 is 2.22 bits per heavy atom. The fourth-order valence-corrected chi connectivity index (χ4v) is 3.00. The van der Waals surface area contributed by atoms with E-state index in [0.717, 1.165) is 31.2 Å². The number of aryl methyl sites for hydroxylation is 2. The van der Waals surface area contributed by atoms with Crippen molar-refractivity contribution in [2.45, 2.75) is 26.8 Å². The van der Waals surface area contributed by atoms with Crippen LogP contribution in [0.25, 0.3) is 0 Å². The van der Waals surface area contributed by atoms with E-state index in [1.807, 2.05) is 6.92 Å². The number of hydrogen-bond donors (Lipinski definition) is 2. The van der Waals surface area contributed by atoms with Gasteiger partial charge in [0, 0.05) is 25.1 Å². The number of aromatic nitrogens is 2. The Hall–Kier alpha value is -1.46. The van der Waals surface area contributed by atoms with Crippen LogP contribution in [-0.4, -0.2) is 16.5 Å². The maximum Gasteiger partial charge on any atom is 0.139 e. The summed E-state index contributed by atoms with van der Waals surface area (Å²) in [7, 11) is 0. The van der Waals surface area contributed by atoms with Crippen molar-refractivity contribution in [3.63, 3.8) is 0 Å². The molecule has 0 amide bonds. The number of rotatable bonds is 2. The maximum atomic E-state index is 4.55. The van der Waals surface area contributed by atoms with Crippen molar-refractivity contribution in [2.75, 3.05) is 11.9 Å². The predicted molar refractivity (Wildman–Crippen MR) is 74.5 cm³/mol.